The lowest BCUT2D eigenvalue weighted by Crippen LogP contribution is -2.44. The van der Waals surface area contributed by atoms with E-state index in [4.69, 9.17) is 0 Å². The predicted octanol–water partition coefficient (Wildman–Crippen LogP) is 8.61. The summed E-state index contributed by atoms with van der Waals surface area (Å²) >= 11 is 0. The summed E-state index contributed by atoms with van der Waals surface area (Å²) in [5.74, 6) is 1.48. The van der Waals surface area contributed by atoms with Gasteiger partial charge in [-0.3, -0.25) is 0 Å². The molecule has 1 aliphatic carbocycles. The van der Waals surface area contributed by atoms with Crippen molar-refractivity contribution in [2.45, 2.75) is 53.1 Å². The second-order valence-corrected chi connectivity index (χ2v) is 13.0. The van der Waals surface area contributed by atoms with Gasteiger partial charge in [0, 0.05) is 5.16 Å². The van der Waals surface area contributed by atoms with Gasteiger partial charge in [-0.05, 0) is 59.4 Å². The maximum atomic E-state index is 2.56. The van der Waals surface area contributed by atoms with Gasteiger partial charge in [0.2, 0.25) is 0 Å². The van der Waals surface area contributed by atoms with E-state index in [0.29, 0.717) is 17.8 Å². The fraction of sp³-hybridized carbons (Fsp3) is 0.333. The molecule has 0 saturated heterocycles. The van der Waals surface area contributed by atoms with Gasteiger partial charge in [-0.25, -0.2) is 0 Å². The molecule has 0 aromatic heterocycles. The lowest BCUT2D eigenvalue weighted by molar-refractivity contribution is 0.485. The second kappa shape index (κ2) is 10.5. The van der Waals surface area contributed by atoms with Crippen LogP contribution in [0.3, 0.4) is 0 Å². The number of allylic oxidation sites excluding steroid dienone is 4. The molecule has 0 amide bonds. The highest BCUT2D eigenvalue weighted by Gasteiger charge is 2.49. The maximum Gasteiger partial charge on any atom is 0.0303 e. The minimum absolute atomic E-state index is 0.00729. The van der Waals surface area contributed by atoms with Gasteiger partial charge in [0.05, 0.1) is 0 Å². The predicted molar refractivity (Wildman–Crippen MR) is 152 cm³/mol. The van der Waals surface area contributed by atoms with Crippen LogP contribution in [0.5, 0.6) is 0 Å². The molecule has 0 radical (unpaired) electrons. The molecule has 3 aromatic carbocycles. The van der Waals surface area contributed by atoms with Gasteiger partial charge in [0.1, 0.15) is 0 Å². The lowest BCUT2D eigenvalue weighted by Gasteiger charge is -2.51. The minimum Gasteiger partial charge on any atom is -0.0661 e. The summed E-state index contributed by atoms with van der Waals surface area (Å²) < 4.78 is 0. The van der Waals surface area contributed by atoms with Crippen LogP contribution in [0.25, 0.3) is 5.57 Å². The summed E-state index contributed by atoms with van der Waals surface area (Å²) in [6.45, 7) is 14.4. The van der Waals surface area contributed by atoms with Crippen molar-refractivity contribution >= 4 is 24.1 Å². The number of rotatable bonds is 7. The minimum atomic E-state index is -0.657. The van der Waals surface area contributed by atoms with Crippen molar-refractivity contribution in [1.29, 1.82) is 0 Å². The Bertz CT molecular complexity index is 1100. The Balaban J connectivity index is 2.13. The molecule has 0 aliphatic heterocycles. The van der Waals surface area contributed by atoms with Crippen molar-refractivity contribution in [3.05, 3.63) is 114 Å². The monoisotopic (exact) mass is 466 g/mol. The molecular formula is C33H39P. The Morgan fingerprint density at radius 3 is 1.50 bits per heavy atom. The van der Waals surface area contributed by atoms with E-state index in [1.807, 2.05) is 0 Å². The quantitative estimate of drug-likeness (QED) is 0.306. The Morgan fingerprint density at radius 2 is 1.09 bits per heavy atom. The van der Waals surface area contributed by atoms with Gasteiger partial charge in [-0.2, -0.15) is 0 Å². The Kier molecular flexibility index (Phi) is 7.59. The SMILES string of the molecule is CC(C)C1=CC(C(C)C)=C(c2ccccc2)C(C(C)C)(P(c2ccccc2)c2ccccc2)C1. The van der Waals surface area contributed by atoms with Crippen molar-refractivity contribution in [3.8, 4) is 0 Å². The van der Waals surface area contributed by atoms with Gasteiger partial charge >= 0.3 is 0 Å². The highest BCUT2D eigenvalue weighted by atomic mass is 31.1. The molecule has 0 fully saturated rings. The second-order valence-electron chi connectivity index (χ2n) is 10.5. The summed E-state index contributed by atoms with van der Waals surface area (Å²) in [7, 11) is -0.657. The smallest absolute Gasteiger partial charge is 0.0303 e. The van der Waals surface area contributed by atoms with Crippen LogP contribution in [0.15, 0.2) is 108 Å². The average molecular weight is 467 g/mol. The van der Waals surface area contributed by atoms with E-state index in [1.165, 1.54) is 21.7 Å². The van der Waals surface area contributed by atoms with Crippen LogP contribution in [-0.2, 0) is 0 Å². The maximum absolute atomic E-state index is 2.56. The van der Waals surface area contributed by atoms with Crippen LogP contribution < -0.4 is 10.6 Å². The van der Waals surface area contributed by atoms with Gasteiger partial charge in [0.25, 0.3) is 0 Å². The molecule has 1 atom stereocenters. The lowest BCUT2D eigenvalue weighted by atomic mass is 9.69. The molecule has 0 bridgehead atoms. The third-order valence-corrected chi connectivity index (χ3v) is 10.7. The number of hydrogen-bond acceptors (Lipinski definition) is 0. The third-order valence-electron chi connectivity index (χ3n) is 7.35. The molecule has 0 nitrogen and oxygen atoms in total. The van der Waals surface area contributed by atoms with Gasteiger partial charge in [0.15, 0.2) is 0 Å². The molecule has 3 aromatic rings. The molecule has 0 saturated carbocycles. The first-order chi connectivity index (χ1) is 16.4. The Morgan fingerprint density at radius 1 is 0.618 bits per heavy atom. The standard InChI is InChI=1S/C33H39P/c1-24(2)28-22-31(25(3)4)32(27-16-10-7-11-17-27)33(23-28,26(5)6)34(29-18-12-8-13-19-29)30-20-14-9-15-21-30/h7-22,24-26H,23H2,1-6H3. The van der Waals surface area contributed by atoms with Crippen LogP contribution in [0.4, 0.5) is 0 Å². The first-order valence-corrected chi connectivity index (χ1v) is 14.1. The fourth-order valence-electron chi connectivity index (χ4n) is 5.53. The van der Waals surface area contributed by atoms with E-state index in [9.17, 15) is 0 Å². The molecule has 0 spiro atoms. The van der Waals surface area contributed by atoms with E-state index in [2.05, 4.69) is 139 Å². The average Bonchev–Trinajstić information content (AvgIpc) is 2.85. The highest BCUT2D eigenvalue weighted by Crippen LogP contribution is 2.64. The third kappa shape index (κ3) is 4.58. The van der Waals surface area contributed by atoms with Crippen LogP contribution in [0.2, 0.25) is 0 Å². The molecule has 34 heavy (non-hydrogen) atoms. The molecule has 0 N–H and O–H groups in total. The first kappa shape index (κ1) is 24.7. The van der Waals surface area contributed by atoms with E-state index in [0.717, 1.165) is 6.42 Å². The largest absolute Gasteiger partial charge is 0.0661 e. The van der Waals surface area contributed by atoms with Crippen molar-refractivity contribution < 1.29 is 0 Å². The fourth-order valence-corrected chi connectivity index (χ4v) is 9.02. The zero-order chi connectivity index (χ0) is 24.3. The summed E-state index contributed by atoms with van der Waals surface area (Å²) in [4.78, 5) is 0. The molecule has 1 aliphatic rings. The molecule has 0 heterocycles. The summed E-state index contributed by atoms with van der Waals surface area (Å²) in [6, 6.07) is 33.9. The van der Waals surface area contributed by atoms with Gasteiger partial charge in [-0.1, -0.05) is 144 Å². The van der Waals surface area contributed by atoms with Crippen molar-refractivity contribution in [2.75, 3.05) is 0 Å². The molecule has 1 heteroatoms. The molecule has 1 unspecified atom stereocenters. The zero-order valence-electron chi connectivity index (χ0n) is 21.6. The van der Waals surface area contributed by atoms with E-state index >= 15 is 0 Å². The van der Waals surface area contributed by atoms with E-state index in [1.54, 1.807) is 11.1 Å². The zero-order valence-corrected chi connectivity index (χ0v) is 22.5. The highest BCUT2D eigenvalue weighted by molar-refractivity contribution is 7.75. The van der Waals surface area contributed by atoms with Gasteiger partial charge in [-0.15, -0.1) is 0 Å². The van der Waals surface area contributed by atoms with Crippen molar-refractivity contribution in [2.24, 2.45) is 17.8 Å². The van der Waals surface area contributed by atoms with Crippen LogP contribution in [0, 0.1) is 17.8 Å². The number of benzene rings is 3. The normalized spacial score (nSPS) is 18.8. The Labute approximate surface area is 208 Å². The topological polar surface area (TPSA) is 0 Å². The molecule has 4 rings (SSSR count). The summed E-state index contributed by atoms with van der Waals surface area (Å²) in [6.07, 6.45) is 3.67. The van der Waals surface area contributed by atoms with Crippen LogP contribution in [0.1, 0.15) is 53.5 Å². The molecular weight excluding hydrogens is 427 g/mol. The Hall–Kier alpha value is -2.43. The number of hydrogen-bond donors (Lipinski definition) is 0. The van der Waals surface area contributed by atoms with Crippen molar-refractivity contribution in [3.63, 3.8) is 0 Å². The summed E-state index contributed by atoms with van der Waals surface area (Å²) in [5.41, 5.74) is 6.07. The van der Waals surface area contributed by atoms with Crippen LogP contribution in [-0.4, -0.2) is 5.16 Å². The first-order valence-electron chi connectivity index (χ1n) is 12.8. The van der Waals surface area contributed by atoms with E-state index < -0.39 is 7.92 Å². The van der Waals surface area contributed by atoms with Crippen LogP contribution >= 0.6 is 7.92 Å². The van der Waals surface area contributed by atoms with E-state index in [-0.39, 0.29) is 5.16 Å². The summed E-state index contributed by atoms with van der Waals surface area (Å²) in [5, 5.41) is 2.95. The van der Waals surface area contributed by atoms with Crippen molar-refractivity contribution in [1.82, 2.24) is 0 Å². The molecule has 176 valence electrons. The van der Waals surface area contributed by atoms with Gasteiger partial charge < -0.3 is 0 Å².